The lowest BCUT2D eigenvalue weighted by atomic mass is 10.0. The lowest BCUT2D eigenvalue weighted by Crippen LogP contribution is -1.98. The quantitative estimate of drug-likeness (QED) is 0.542. The second-order valence-corrected chi connectivity index (χ2v) is 3.49. The SMILES string of the molecule is CCc1ccc(C(=O)CCCC#N)cc1. The summed E-state index contributed by atoms with van der Waals surface area (Å²) in [6.07, 6.45) is 2.57. The van der Waals surface area contributed by atoms with Gasteiger partial charge in [0, 0.05) is 18.4 Å². The van der Waals surface area contributed by atoms with Crippen LogP contribution in [-0.2, 0) is 6.42 Å². The van der Waals surface area contributed by atoms with Crippen LogP contribution < -0.4 is 0 Å². The zero-order valence-corrected chi connectivity index (χ0v) is 8.99. The molecule has 0 aliphatic carbocycles. The van der Waals surface area contributed by atoms with Gasteiger partial charge in [0.25, 0.3) is 0 Å². The number of aryl methyl sites for hydroxylation is 1. The molecule has 0 radical (unpaired) electrons. The summed E-state index contributed by atoms with van der Waals surface area (Å²) in [6.45, 7) is 2.09. The molecule has 1 aromatic carbocycles. The number of benzene rings is 1. The monoisotopic (exact) mass is 201 g/mol. The predicted molar refractivity (Wildman–Crippen MR) is 59.6 cm³/mol. The minimum Gasteiger partial charge on any atom is -0.294 e. The van der Waals surface area contributed by atoms with E-state index in [2.05, 4.69) is 6.92 Å². The number of ketones is 1. The summed E-state index contributed by atoms with van der Waals surface area (Å²) in [5.41, 5.74) is 1.99. The van der Waals surface area contributed by atoms with Gasteiger partial charge in [0.1, 0.15) is 0 Å². The van der Waals surface area contributed by atoms with Gasteiger partial charge in [-0.15, -0.1) is 0 Å². The average molecular weight is 201 g/mol. The fraction of sp³-hybridized carbons (Fsp3) is 0.385. The van der Waals surface area contributed by atoms with Crippen molar-refractivity contribution in [1.82, 2.24) is 0 Å². The van der Waals surface area contributed by atoms with E-state index in [4.69, 9.17) is 5.26 Å². The van der Waals surface area contributed by atoms with Gasteiger partial charge in [0.05, 0.1) is 6.07 Å². The summed E-state index contributed by atoms with van der Waals surface area (Å²) in [5, 5.41) is 8.36. The summed E-state index contributed by atoms with van der Waals surface area (Å²) >= 11 is 0. The van der Waals surface area contributed by atoms with Crippen LogP contribution in [0.2, 0.25) is 0 Å². The third kappa shape index (κ3) is 3.55. The van der Waals surface area contributed by atoms with E-state index in [0.29, 0.717) is 19.3 Å². The molecule has 0 N–H and O–H groups in total. The maximum Gasteiger partial charge on any atom is 0.162 e. The Hall–Kier alpha value is -1.62. The minimum atomic E-state index is 0.132. The van der Waals surface area contributed by atoms with Crippen LogP contribution in [0.25, 0.3) is 0 Å². The molecule has 0 amide bonds. The number of nitrogens with zero attached hydrogens (tertiary/aromatic N) is 1. The van der Waals surface area contributed by atoms with Crippen molar-refractivity contribution in [3.63, 3.8) is 0 Å². The van der Waals surface area contributed by atoms with E-state index in [1.807, 2.05) is 30.3 Å². The number of rotatable bonds is 5. The number of hydrogen-bond acceptors (Lipinski definition) is 2. The molecule has 0 aromatic heterocycles. The molecule has 2 nitrogen and oxygen atoms in total. The van der Waals surface area contributed by atoms with Crippen molar-refractivity contribution in [2.45, 2.75) is 32.6 Å². The van der Waals surface area contributed by atoms with Crippen LogP contribution >= 0.6 is 0 Å². The largest absolute Gasteiger partial charge is 0.294 e. The highest BCUT2D eigenvalue weighted by Gasteiger charge is 2.04. The standard InChI is InChI=1S/C13H15NO/c1-2-11-6-8-12(9-7-11)13(15)5-3-4-10-14/h6-9H,2-5H2,1H3. The van der Waals surface area contributed by atoms with Crippen molar-refractivity contribution < 1.29 is 4.79 Å². The summed E-state index contributed by atoms with van der Waals surface area (Å²) in [7, 11) is 0. The Morgan fingerprint density at radius 1 is 1.33 bits per heavy atom. The first kappa shape index (κ1) is 11.5. The molecule has 0 heterocycles. The maximum absolute atomic E-state index is 11.6. The van der Waals surface area contributed by atoms with E-state index >= 15 is 0 Å². The van der Waals surface area contributed by atoms with Crippen molar-refractivity contribution >= 4 is 5.78 Å². The van der Waals surface area contributed by atoms with Gasteiger partial charge >= 0.3 is 0 Å². The second kappa shape index (κ2) is 5.98. The smallest absolute Gasteiger partial charge is 0.162 e. The molecule has 15 heavy (non-hydrogen) atoms. The number of hydrogen-bond donors (Lipinski definition) is 0. The average Bonchev–Trinajstić information content (AvgIpc) is 2.29. The maximum atomic E-state index is 11.6. The predicted octanol–water partition coefficient (Wildman–Crippen LogP) is 3.13. The fourth-order valence-corrected chi connectivity index (χ4v) is 1.40. The van der Waals surface area contributed by atoms with Crippen LogP contribution in [0.1, 0.15) is 42.1 Å². The Balaban J connectivity index is 2.55. The minimum absolute atomic E-state index is 0.132. The molecule has 0 saturated heterocycles. The fourth-order valence-electron chi connectivity index (χ4n) is 1.40. The Bertz CT molecular complexity index is 359. The number of carbonyl (C=O) groups is 1. The van der Waals surface area contributed by atoms with Crippen LogP contribution in [0.3, 0.4) is 0 Å². The van der Waals surface area contributed by atoms with E-state index in [1.165, 1.54) is 5.56 Å². The van der Waals surface area contributed by atoms with Crippen molar-refractivity contribution in [2.24, 2.45) is 0 Å². The molecular formula is C13H15NO. The van der Waals surface area contributed by atoms with Crippen LogP contribution in [0.15, 0.2) is 24.3 Å². The molecule has 2 heteroatoms. The van der Waals surface area contributed by atoms with E-state index in [1.54, 1.807) is 0 Å². The first-order chi connectivity index (χ1) is 7.27. The number of Topliss-reactive ketones (excluding diaryl/α,β-unsaturated/α-hetero) is 1. The van der Waals surface area contributed by atoms with Gasteiger partial charge < -0.3 is 0 Å². The molecule has 1 aromatic rings. The van der Waals surface area contributed by atoms with Crippen LogP contribution in [0, 0.1) is 11.3 Å². The zero-order chi connectivity index (χ0) is 11.1. The Kier molecular flexibility index (Phi) is 4.56. The van der Waals surface area contributed by atoms with Crippen LogP contribution in [-0.4, -0.2) is 5.78 Å². The van der Waals surface area contributed by atoms with Gasteiger partial charge in [-0.05, 0) is 18.4 Å². The zero-order valence-electron chi connectivity index (χ0n) is 8.99. The van der Waals surface area contributed by atoms with E-state index in [9.17, 15) is 4.79 Å². The summed E-state index contributed by atoms with van der Waals surface area (Å²) in [5.74, 6) is 0.132. The molecular weight excluding hydrogens is 186 g/mol. The molecule has 0 aliphatic heterocycles. The van der Waals surface area contributed by atoms with E-state index in [-0.39, 0.29) is 5.78 Å². The van der Waals surface area contributed by atoms with Crippen molar-refractivity contribution in [2.75, 3.05) is 0 Å². The van der Waals surface area contributed by atoms with E-state index < -0.39 is 0 Å². The van der Waals surface area contributed by atoms with Gasteiger partial charge in [0.15, 0.2) is 5.78 Å². The molecule has 0 atom stereocenters. The molecule has 0 saturated carbocycles. The molecule has 1 rings (SSSR count). The third-order valence-electron chi connectivity index (χ3n) is 2.38. The van der Waals surface area contributed by atoms with Crippen molar-refractivity contribution in [3.05, 3.63) is 35.4 Å². The molecule has 0 aliphatic rings. The van der Waals surface area contributed by atoms with Gasteiger partial charge in [0.2, 0.25) is 0 Å². The highest BCUT2D eigenvalue weighted by molar-refractivity contribution is 5.96. The molecule has 78 valence electrons. The van der Waals surface area contributed by atoms with Crippen molar-refractivity contribution in [3.8, 4) is 6.07 Å². The Morgan fingerprint density at radius 2 is 2.00 bits per heavy atom. The van der Waals surface area contributed by atoms with Gasteiger partial charge in [-0.25, -0.2) is 0 Å². The Labute approximate surface area is 90.5 Å². The van der Waals surface area contributed by atoms with Crippen LogP contribution in [0.4, 0.5) is 0 Å². The lowest BCUT2D eigenvalue weighted by molar-refractivity contribution is 0.0980. The topological polar surface area (TPSA) is 40.9 Å². The summed E-state index contributed by atoms with van der Waals surface area (Å²) in [6, 6.07) is 9.75. The normalized spacial score (nSPS) is 9.60. The summed E-state index contributed by atoms with van der Waals surface area (Å²) in [4.78, 5) is 11.6. The first-order valence-corrected chi connectivity index (χ1v) is 5.27. The van der Waals surface area contributed by atoms with E-state index in [0.717, 1.165) is 12.0 Å². The van der Waals surface area contributed by atoms with Gasteiger partial charge in [-0.2, -0.15) is 5.26 Å². The highest BCUT2D eigenvalue weighted by atomic mass is 16.1. The van der Waals surface area contributed by atoms with Crippen LogP contribution in [0.5, 0.6) is 0 Å². The highest BCUT2D eigenvalue weighted by Crippen LogP contribution is 2.09. The number of carbonyl (C=O) groups excluding carboxylic acids is 1. The second-order valence-electron chi connectivity index (χ2n) is 3.49. The van der Waals surface area contributed by atoms with Crippen molar-refractivity contribution in [1.29, 1.82) is 5.26 Å². The summed E-state index contributed by atoms with van der Waals surface area (Å²) < 4.78 is 0. The Morgan fingerprint density at radius 3 is 2.53 bits per heavy atom. The third-order valence-corrected chi connectivity index (χ3v) is 2.38. The first-order valence-electron chi connectivity index (χ1n) is 5.27. The molecule has 0 spiro atoms. The molecule has 0 unspecified atom stereocenters. The van der Waals surface area contributed by atoms with Gasteiger partial charge in [-0.3, -0.25) is 4.79 Å². The lowest BCUT2D eigenvalue weighted by Gasteiger charge is -2.00. The molecule has 0 fully saturated rings. The molecule has 0 bridgehead atoms. The number of nitriles is 1. The number of unbranched alkanes of at least 4 members (excludes halogenated alkanes) is 1. The van der Waals surface area contributed by atoms with Gasteiger partial charge in [-0.1, -0.05) is 31.2 Å².